The van der Waals surface area contributed by atoms with E-state index in [2.05, 4.69) is 36.4 Å². The molecule has 0 saturated carbocycles. The van der Waals surface area contributed by atoms with Crippen molar-refractivity contribution in [3.05, 3.63) is 229 Å². The summed E-state index contributed by atoms with van der Waals surface area (Å²) in [4.78, 5) is 31.2. The second-order valence-electron chi connectivity index (χ2n) is 15.4. The normalized spacial score (nSPS) is 12.8. The van der Waals surface area contributed by atoms with Gasteiger partial charge in [0, 0.05) is 55.6 Å². The maximum absolute atomic E-state index is 6.97. The molecular weight excluding hydrogens is 777 g/mol. The fraction of sp³-hybridized carbons (Fsp3) is 0.0182. The van der Waals surface area contributed by atoms with Gasteiger partial charge in [-0.05, 0) is 24.3 Å². The van der Waals surface area contributed by atoms with E-state index in [-0.39, 0.29) is 0 Å². The zero-order valence-corrected chi connectivity index (χ0v) is 33.6. The molecule has 2 aliphatic heterocycles. The summed E-state index contributed by atoms with van der Waals surface area (Å²) in [6.07, 6.45) is 0. The molecule has 296 valence electrons. The van der Waals surface area contributed by atoms with Crippen molar-refractivity contribution in [1.82, 2.24) is 29.9 Å². The number of rotatable bonds is 6. The average molecular weight is 811 g/mol. The zero-order chi connectivity index (χ0) is 41.7. The van der Waals surface area contributed by atoms with Gasteiger partial charge in [-0.3, -0.25) is 0 Å². The lowest BCUT2D eigenvalue weighted by molar-refractivity contribution is 0.400. The molecule has 8 aromatic carbocycles. The Morgan fingerprint density at radius 2 is 0.540 bits per heavy atom. The molecule has 0 aliphatic carbocycles. The Morgan fingerprint density at radius 3 is 0.889 bits per heavy atom. The zero-order valence-electron chi connectivity index (χ0n) is 33.6. The second-order valence-corrected chi connectivity index (χ2v) is 15.4. The van der Waals surface area contributed by atoms with E-state index < -0.39 is 5.41 Å². The van der Waals surface area contributed by atoms with Crippen molar-refractivity contribution in [2.24, 2.45) is 0 Å². The molecule has 0 amide bonds. The number of nitrogens with zero attached hydrogens (tertiary/aromatic N) is 6. The van der Waals surface area contributed by atoms with Gasteiger partial charge in [0.05, 0.1) is 5.41 Å². The molecule has 0 bridgehead atoms. The third-order valence-electron chi connectivity index (χ3n) is 11.7. The van der Waals surface area contributed by atoms with E-state index in [1.54, 1.807) is 0 Å². The fourth-order valence-corrected chi connectivity index (χ4v) is 9.01. The van der Waals surface area contributed by atoms with Gasteiger partial charge < -0.3 is 9.47 Å². The van der Waals surface area contributed by atoms with Crippen LogP contribution in [-0.2, 0) is 5.41 Å². The molecule has 8 nitrogen and oxygen atoms in total. The van der Waals surface area contributed by atoms with Crippen LogP contribution in [0.4, 0.5) is 0 Å². The Kier molecular flexibility index (Phi) is 8.53. The highest BCUT2D eigenvalue weighted by molar-refractivity contribution is 5.86. The predicted octanol–water partition coefficient (Wildman–Crippen LogP) is 12.7. The van der Waals surface area contributed by atoms with E-state index >= 15 is 0 Å². The van der Waals surface area contributed by atoms with Gasteiger partial charge in [0.2, 0.25) is 0 Å². The first kappa shape index (κ1) is 36.2. The summed E-state index contributed by atoms with van der Waals surface area (Å²) in [5, 5.41) is 0. The number of hydrogen-bond donors (Lipinski definition) is 0. The van der Waals surface area contributed by atoms with Gasteiger partial charge in [-0.2, -0.15) is 0 Å². The minimum Gasteiger partial charge on any atom is -0.457 e. The van der Waals surface area contributed by atoms with Gasteiger partial charge in [0.25, 0.3) is 0 Å². The Labute approximate surface area is 363 Å². The van der Waals surface area contributed by atoms with Crippen LogP contribution in [-0.4, -0.2) is 29.9 Å². The highest BCUT2D eigenvalue weighted by Crippen LogP contribution is 2.64. The Balaban J connectivity index is 1.20. The second kappa shape index (κ2) is 14.8. The van der Waals surface area contributed by atoms with Crippen molar-refractivity contribution >= 4 is 0 Å². The lowest BCUT2D eigenvalue weighted by atomic mass is 9.60. The van der Waals surface area contributed by atoms with Crippen LogP contribution in [0, 0.1) is 0 Å². The van der Waals surface area contributed by atoms with E-state index in [9.17, 15) is 0 Å². The minimum atomic E-state index is -1.07. The van der Waals surface area contributed by atoms with E-state index in [0.29, 0.717) is 46.4 Å². The molecule has 0 unspecified atom stereocenters. The van der Waals surface area contributed by atoms with Gasteiger partial charge in [-0.15, -0.1) is 0 Å². The minimum absolute atomic E-state index is 0.503. The topological polar surface area (TPSA) is 95.8 Å². The lowest BCUT2D eigenvalue weighted by Gasteiger charge is -2.46. The third-order valence-corrected chi connectivity index (χ3v) is 11.7. The molecule has 12 rings (SSSR count). The van der Waals surface area contributed by atoms with Crippen LogP contribution in [0.2, 0.25) is 0 Å². The molecule has 0 N–H and O–H groups in total. The van der Waals surface area contributed by atoms with Crippen molar-refractivity contribution < 1.29 is 9.47 Å². The van der Waals surface area contributed by atoms with Crippen molar-refractivity contribution in [3.63, 3.8) is 0 Å². The molecule has 0 atom stereocenters. The monoisotopic (exact) mass is 810 g/mol. The average Bonchev–Trinajstić information content (AvgIpc) is 3.36. The van der Waals surface area contributed by atoms with Crippen molar-refractivity contribution in [2.75, 3.05) is 0 Å². The van der Waals surface area contributed by atoms with Gasteiger partial charge in [0.15, 0.2) is 34.9 Å². The van der Waals surface area contributed by atoms with E-state index in [4.69, 9.17) is 39.4 Å². The quantitative estimate of drug-likeness (QED) is 0.164. The van der Waals surface area contributed by atoms with Crippen LogP contribution in [0.1, 0.15) is 22.3 Å². The molecule has 4 heterocycles. The van der Waals surface area contributed by atoms with Crippen molar-refractivity contribution in [3.8, 4) is 91.3 Å². The first-order valence-electron chi connectivity index (χ1n) is 20.8. The smallest absolute Gasteiger partial charge is 0.164 e. The Morgan fingerprint density at radius 1 is 0.254 bits per heavy atom. The van der Waals surface area contributed by atoms with Gasteiger partial charge in [-0.25, -0.2) is 29.9 Å². The van der Waals surface area contributed by atoms with Crippen LogP contribution in [0.15, 0.2) is 206 Å². The first-order chi connectivity index (χ1) is 31.2. The molecule has 0 fully saturated rings. The van der Waals surface area contributed by atoms with E-state index in [0.717, 1.165) is 67.1 Å². The number of aromatic nitrogens is 6. The Hall–Kier alpha value is -8.62. The largest absolute Gasteiger partial charge is 0.457 e. The molecular formula is C55H34N6O2. The molecule has 0 saturated heterocycles. The summed E-state index contributed by atoms with van der Waals surface area (Å²) >= 11 is 0. The molecule has 10 aromatic rings. The lowest BCUT2D eigenvalue weighted by Crippen LogP contribution is -2.38. The maximum atomic E-state index is 6.97. The molecule has 63 heavy (non-hydrogen) atoms. The van der Waals surface area contributed by atoms with E-state index in [1.165, 1.54) is 0 Å². The molecule has 2 aromatic heterocycles. The van der Waals surface area contributed by atoms with Crippen LogP contribution in [0.5, 0.6) is 23.0 Å². The third kappa shape index (κ3) is 5.99. The number of benzene rings is 8. The standard InChI is InChI=1S/C55H34N6O2/c1-5-19-35(20-6-1)49-56-50(36-21-7-2-8-22-36)59-53(58-49)39-27-17-33-45-47(39)55(41-29-13-15-31-43(41)62-45)42-30-14-16-32-44(42)63-46-34-18-28-40(48(46)55)54-60-51(37-23-9-3-10-24-37)57-52(61-54)38-25-11-4-12-26-38/h1-34H. The summed E-state index contributed by atoms with van der Waals surface area (Å²) in [6, 6.07) is 68.8. The molecule has 0 radical (unpaired) electrons. The van der Waals surface area contributed by atoms with Crippen LogP contribution in [0.3, 0.4) is 0 Å². The summed E-state index contributed by atoms with van der Waals surface area (Å²) in [6.45, 7) is 0. The highest BCUT2D eigenvalue weighted by Gasteiger charge is 2.53. The SMILES string of the molecule is c1ccc(-c2nc(-c3ccccc3)nc(-c3cccc4c3C3(c5ccccc5O4)c4ccccc4Oc4cccc(-c5nc(-c6ccccc6)nc(-c6ccccc6)n5)c43)n2)cc1. The summed E-state index contributed by atoms with van der Waals surface area (Å²) < 4.78 is 13.9. The number of ether oxygens (including phenoxy) is 2. The first-order valence-corrected chi connectivity index (χ1v) is 20.8. The highest BCUT2D eigenvalue weighted by atomic mass is 16.5. The van der Waals surface area contributed by atoms with Crippen LogP contribution in [0.25, 0.3) is 68.3 Å². The van der Waals surface area contributed by atoms with Gasteiger partial charge in [-0.1, -0.05) is 182 Å². The molecule has 2 aliphatic rings. The van der Waals surface area contributed by atoms with Crippen molar-refractivity contribution in [2.45, 2.75) is 5.41 Å². The Bertz CT molecular complexity index is 3010. The fourth-order valence-electron chi connectivity index (χ4n) is 9.01. The summed E-state index contributed by atoms with van der Waals surface area (Å²) in [5.41, 5.74) is 7.57. The molecule has 1 spiro atoms. The maximum Gasteiger partial charge on any atom is 0.164 e. The summed E-state index contributed by atoms with van der Waals surface area (Å²) in [5.74, 6) is 6.01. The predicted molar refractivity (Wildman–Crippen MR) is 244 cm³/mol. The number of fused-ring (bicyclic) bond motifs is 8. The van der Waals surface area contributed by atoms with Crippen LogP contribution >= 0.6 is 0 Å². The van der Waals surface area contributed by atoms with Gasteiger partial charge >= 0.3 is 0 Å². The number of hydrogen-bond acceptors (Lipinski definition) is 8. The summed E-state index contributed by atoms with van der Waals surface area (Å²) in [7, 11) is 0. The molecule has 8 heteroatoms. The van der Waals surface area contributed by atoms with Gasteiger partial charge in [0.1, 0.15) is 23.0 Å². The van der Waals surface area contributed by atoms with E-state index in [1.807, 2.05) is 170 Å². The van der Waals surface area contributed by atoms with Crippen molar-refractivity contribution in [1.29, 1.82) is 0 Å². The van der Waals surface area contributed by atoms with Crippen LogP contribution < -0.4 is 9.47 Å². The number of para-hydroxylation sites is 2.